The van der Waals surface area contributed by atoms with Gasteiger partial charge >= 0.3 is 0 Å². The number of pyridine rings is 2. The number of hydrogen-bond acceptors (Lipinski definition) is 5. The number of furan rings is 1. The van der Waals surface area contributed by atoms with Gasteiger partial charge in [0.25, 0.3) is 0 Å². The monoisotopic (exact) mass is 330 g/mol. The fourth-order valence-corrected chi connectivity index (χ4v) is 3.77. The summed E-state index contributed by atoms with van der Waals surface area (Å²) in [6.07, 6.45) is 3.75. The van der Waals surface area contributed by atoms with Crippen LogP contribution in [0.1, 0.15) is 12.5 Å². The molecule has 0 radical (unpaired) electrons. The lowest BCUT2D eigenvalue weighted by molar-refractivity contribution is 0.648. The Morgan fingerprint density at radius 1 is 1.00 bits per heavy atom. The van der Waals surface area contributed by atoms with Gasteiger partial charge in [-0.15, -0.1) is 0 Å². The Hall–Kier alpha value is -3.08. The van der Waals surface area contributed by atoms with Crippen LogP contribution in [0.2, 0.25) is 0 Å². The van der Waals surface area contributed by atoms with Crippen LogP contribution in [-0.4, -0.2) is 23.2 Å². The van der Waals surface area contributed by atoms with E-state index in [1.54, 1.807) is 6.20 Å². The summed E-state index contributed by atoms with van der Waals surface area (Å²) in [6.45, 7) is 4.30. The molecule has 1 aliphatic heterocycles. The molecule has 4 aromatic rings. The zero-order valence-corrected chi connectivity index (χ0v) is 14.4. The molecule has 0 amide bonds. The van der Waals surface area contributed by atoms with E-state index in [1.807, 2.05) is 18.3 Å². The highest BCUT2D eigenvalue weighted by molar-refractivity contribution is 6.09. The maximum Gasteiger partial charge on any atom is 0.227 e. The highest BCUT2D eigenvalue weighted by Gasteiger charge is 2.35. The molecule has 0 saturated heterocycles. The first-order valence-electron chi connectivity index (χ1n) is 8.41. The highest BCUT2D eigenvalue weighted by atomic mass is 16.3. The molecule has 0 saturated carbocycles. The lowest BCUT2D eigenvalue weighted by Gasteiger charge is -2.28. The molecule has 0 bridgehead atoms. The van der Waals surface area contributed by atoms with Crippen molar-refractivity contribution in [2.75, 3.05) is 16.8 Å². The molecule has 0 aliphatic carbocycles. The van der Waals surface area contributed by atoms with Crippen molar-refractivity contribution < 1.29 is 4.42 Å². The summed E-state index contributed by atoms with van der Waals surface area (Å²) in [6, 6.07) is 12.4. The van der Waals surface area contributed by atoms with E-state index < -0.39 is 0 Å². The van der Waals surface area contributed by atoms with Crippen molar-refractivity contribution in [2.45, 2.75) is 20.0 Å². The van der Waals surface area contributed by atoms with Gasteiger partial charge in [0, 0.05) is 30.2 Å². The maximum absolute atomic E-state index is 6.18. The summed E-state index contributed by atoms with van der Waals surface area (Å²) < 4.78 is 6.18. The standard InChI is InChI=1S/C20H18N4O/c1-12-8-9-14-15-6-4-11-22-20(15)25-18(14)17(12)24-13(2)23(3)19-16(24)7-5-10-21-19/h4-11,13H,1-3H3. The van der Waals surface area contributed by atoms with Crippen molar-refractivity contribution in [3.8, 4) is 0 Å². The summed E-state index contributed by atoms with van der Waals surface area (Å²) in [7, 11) is 2.08. The van der Waals surface area contributed by atoms with Crippen LogP contribution >= 0.6 is 0 Å². The number of aryl methyl sites for hydroxylation is 1. The highest BCUT2D eigenvalue weighted by Crippen LogP contribution is 2.46. The minimum Gasteiger partial charge on any atom is -0.435 e. The second-order valence-corrected chi connectivity index (χ2v) is 6.52. The Labute approximate surface area is 145 Å². The third-order valence-electron chi connectivity index (χ3n) is 5.13. The number of fused-ring (bicyclic) bond motifs is 4. The quantitative estimate of drug-likeness (QED) is 0.509. The number of rotatable bonds is 1. The number of aromatic nitrogens is 2. The molecule has 1 aliphatic rings. The summed E-state index contributed by atoms with van der Waals surface area (Å²) >= 11 is 0. The molecule has 5 rings (SSSR count). The SMILES string of the molecule is Cc1ccc2c(oc3ncccc32)c1N1c2cccnc2N(C)C1C. The van der Waals surface area contributed by atoms with Crippen LogP contribution in [0.4, 0.5) is 17.2 Å². The summed E-state index contributed by atoms with van der Waals surface area (Å²) in [4.78, 5) is 13.4. The zero-order valence-electron chi connectivity index (χ0n) is 14.4. The van der Waals surface area contributed by atoms with Gasteiger partial charge in [-0.25, -0.2) is 9.97 Å². The molecular weight excluding hydrogens is 312 g/mol. The average Bonchev–Trinajstić information content (AvgIpc) is 3.12. The number of benzene rings is 1. The molecule has 0 fully saturated rings. The van der Waals surface area contributed by atoms with Gasteiger partial charge < -0.3 is 14.2 Å². The fraction of sp³-hybridized carbons (Fsp3) is 0.200. The van der Waals surface area contributed by atoms with Crippen LogP contribution in [-0.2, 0) is 0 Å². The smallest absolute Gasteiger partial charge is 0.227 e. The van der Waals surface area contributed by atoms with Gasteiger partial charge in [-0.3, -0.25) is 0 Å². The Kier molecular flexibility index (Phi) is 2.83. The molecule has 1 unspecified atom stereocenters. The maximum atomic E-state index is 6.18. The lowest BCUT2D eigenvalue weighted by Crippen LogP contribution is -2.36. The van der Waals surface area contributed by atoms with Crippen LogP contribution in [0.15, 0.2) is 53.2 Å². The lowest BCUT2D eigenvalue weighted by atomic mass is 10.1. The van der Waals surface area contributed by atoms with Crippen LogP contribution < -0.4 is 9.80 Å². The van der Waals surface area contributed by atoms with Crippen LogP contribution in [0.3, 0.4) is 0 Å². The predicted molar refractivity (Wildman–Crippen MR) is 100 cm³/mol. The van der Waals surface area contributed by atoms with E-state index in [9.17, 15) is 0 Å². The summed E-state index contributed by atoms with van der Waals surface area (Å²) in [5.41, 5.74) is 4.91. The predicted octanol–water partition coefficient (Wildman–Crippen LogP) is 4.62. The second kappa shape index (κ2) is 4.96. The van der Waals surface area contributed by atoms with Gasteiger partial charge in [-0.1, -0.05) is 12.1 Å². The summed E-state index contributed by atoms with van der Waals surface area (Å²) in [5.74, 6) is 0.987. The Bertz CT molecular complexity index is 1120. The molecule has 5 heteroatoms. The van der Waals surface area contributed by atoms with E-state index in [-0.39, 0.29) is 6.17 Å². The fourth-order valence-electron chi connectivity index (χ4n) is 3.77. The van der Waals surface area contributed by atoms with E-state index in [1.165, 1.54) is 5.56 Å². The van der Waals surface area contributed by atoms with Crippen molar-refractivity contribution in [3.63, 3.8) is 0 Å². The summed E-state index contributed by atoms with van der Waals surface area (Å²) in [5, 5.41) is 2.14. The van der Waals surface area contributed by atoms with Gasteiger partial charge in [0.1, 0.15) is 6.17 Å². The molecule has 0 spiro atoms. The Morgan fingerprint density at radius 2 is 1.80 bits per heavy atom. The van der Waals surface area contributed by atoms with E-state index in [2.05, 4.69) is 64.9 Å². The van der Waals surface area contributed by atoms with E-state index in [0.29, 0.717) is 5.71 Å². The van der Waals surface area contributed by atoms with Crippen LogP contribution in [0, 0.1) is 6.92 Å². The van der Waals surface area contributed by atoms with E-state index in [4.69, 9.17) is 4.42 Å². The van der Waals surface area contributed by atoms with E-state index in [0.717, 1.165) is 33.5 Å². The zero-order chi connectivity index (χ0) is 17.1. The van der Waals surface area contributed by atoms with Gasteiger partial charge in [-0.05, 0) is 43.7 Å². The average molecular weight is 330 g/mol. The topological polar surface area (TPSA) is 45.4 Å². The van der Waals surface area contributed by atoms with Gasteiger partial charge in [-0.2, -0.15) is 0 Å². The van der Waals surface area contributed by atoms with Crippen LogP contribution in [0.5, 0.6) is 0 Å². The first kappa shape index (κ1) is 14.3. The molecule has 0 N–H and O–H groups in total. The molecule has 3 aromatic heterocycles. The number of nitrogens with zero attached hydrogens (tertiary/aromatic N) is 4. The van der Waals surface area contributed by atoms with Crippen molar-refractivity contribution in [1.82, 2.24) is 9.97 Å². The van der Waals surface area contributed by atoms with Crippen molar-refractivity contribution in [3.05, 3.63) is 54.4 Å². The first-order chi connectivity index (χ1) is 12.2. The number of anilines is 3. The molecular formula is C20H18N4O. The third-order valence-corrected chi connectivity index (χ3v) is 5.13. The minimum absolute atomic E-state index is 0.148. The molecule has 1 aromatic carbocycles. The Morgan fingerprint density at radius 3 is 2.68 bits per heavy atom. The third kappa shape index (κ3) is 1.83. The normalized spacial score (nSPS) is 16.8. The molecule has 5 nitrogen and oxygen atoms in total. The molecule has 4 heterocycles. The first-order valence-corrected chi connectivity index (χ1v) is 8.41. The van der Waals surface area contributed by atoms with Gasteiger partial charge in [0.2, 0.25) is 5.71 Å². The molecule has 25 heavy (non-hydrogen) atoms. The molecule has 124 valence electrons. The molecule has 1 atom stereocenters. The minimum atomic E-state index is 0.148. The van der Waals surface area contributed by atoms with Crippen LogP contribution in [0.25, 0.3) is 22.1 Å². The van der Waals surface area contributed by atoms with Crippen molar-refractivity contribution in [1.29, 1.82) is 0 Å². The Balaban J connectivity index is 1.85. The largest absolute Gasteiger partial charge is 0.435 e. The van der Waals surface area contributed by atoms with Gasteiger partial charge in [0.05, 0.1) is 11.4 Å². The van der Waals surface area contributed by atoms with Crippen molar-refractivity contribution >= 4 is 39.3 Å². The second-order valence-electron chi connectivity index (χ2n) is 6.52. The van der Waals surface area contributed by atoms with Crippen molar-refractivity contribution in [2.24, 2.45) is 0 Å². The number of hydrogen-bond donors (Lipinski definition) is 0. The van der Waals surface area contributed by atoms with Gasteiger partial charge in [0.15, 0.2) is 11.4 Å². The van der Waals surface area contributed by atoms with E-state index >= 15 is 0 Å².